The Hall–Kier alpha value is -1.60. The number of aromatic nitrogens is 2. The summed E-state index contributed by atoms with van der Waals surface area (Å²) in [5, 5.41) is 11.2. The van der Waals surface area contributed by atoms with Gasteiger partial charge in [-0.2, -0.15) is 0 Å². The van der Waals surface area contributed by atoms with Crippen molar-refractivity contribution in [2.75, 3.05) is 11.6 Å². The number of carbonyl (C=O) groups is 1. The molecule has 2 rings (SSSR count). The van der Waals surface area contributed by atoms with Crippen LogP contribution in [0.25, 0.3) is 0 Å². The van der Waals surface area contributed by atoms with Gasteiger partial charge in [-0.25, -0.2) is 0 Å². The fourth-order valence-corrected chi connectivity index (χ4v) is 3.01. The van der Waals surface area contributed by atoms with Crippen molar-refractivity contribution in [3.63, 3.8) is 0 Å². The maximum absolute atomic E-state index is 12.3. The van der Waals surface area contributed by atoms with E-state index in [-0.39, 0.29) is 5.91 Å². The number of rotatable bonds is 6. The minimum atomic E-state index is -0.554. The quantitative estimate of drug-likeness (QED) is 0.643. The molecule has 22 heavy (non-hydrogen) atoms. The van der Waals surface area contributed by atoms with Gasteiger partial charge in [0.2, 0.25) is 5.13 Å². The molecule has 0 saturated heterocycles. The molecule has 1 N–H and O–H groups in total. The molecule has 0 spiro atoms. The van der Waals surface area contributed by atoms with Gasteiger partial charge in [0.05, 0.1) is 0 Å². The van der Waals surface area contributed by atoms with Crippen LogP contribution in [0, 0.1) is 13.8 Å². The summed E-state index contributed by atoms with van der Waals surface area (Å²) in [7, 11) is 0. The van der Waals surface area contributed by atoms with Crippen LogP contribution in [0.4, 0.5) is 5.13 Å². The summed E-state index contributed by atoms with van der Waals surface area (Å²) in [5.41, 5.74) is 2.11. The number of nitrogens with zero attached hydrogens (tertiary/aromatic N) is 2. The minimum Gasteiger partial charge on any atom is -0.480 e. The summed E-state index contributed by atoms with van der Waals surface area (Å²) in [6, 6.07) is 5.96. The number of ether oxygens (including phenoxy) is 1. The van der Waals surface area contributed by atoms with Crippen molar-refractivity contribution >= 4 is 34.1 Å². The van der Waals surface area contributed by atoms with Crippen LogP contribution in [0.3, 0.4) is 0 Å². The third-order valence-corrected chi connectivity index (χ3v) is 4.90. The molecule has 0 aliphatic carbocycles. The molecule has 118 valence electrons. The van der Waals surface area contributed by atoms with Crippen molar-refractivity contribution in [1.82, 2.24) is 10.2 Å². The van der Waals surface area contributed by atoms with E-state index >= 15 is 0 Å². The summed E-state index contributed by atoms with van der Waals surface area (Å²) in [5.74, 6) is 0.538. The first-order valence-electron chi connectivity index (χ1n) is 6.95. The van der Waals surface area contributed by atoms with E-state index in [0.29, 0.717) is 11.6 Å². The number of carbonyl (C=O) groups excluding carboxylic acids is 1. The van der Waals surface area contributed by atoms with Gasteiger partial charge in [0.1, 0.15) is 5.75 Å². The first-order valence-corrected chi connectivity index (χ1v) is 9.00. The molecule has 7 heteroatoms. The number of aryl methyl sites for hydroxylation is 2. The van der Waals surface area contributed by atoms with Crippen molar-refractivity contribution in [3.8, 4) is 5.75 Å². The molecule has 1 aromatic heterocycles. The van der Waals surface area contributed by atoms with Crippen LogP contribution in [0.15, 0.2) is 22.5 Å². The summed E-state index contributed by atoms with van der Waals surface area (Å²) >= 11 is 2.85. The van der Waals surface area contributed by atoms with Gasteiger partial charge in [-0.1, -0.05) is 42.2 Å². The average Bonchev–Trinajstić information content (AvgIpc) is 2.95. The molecule has 1 unspecified atom stereocenters. The number of benzene rings is 1. The van der Waals surface area contributed by atoms with Crippen molar-refractivity contribution in [2.45, 2.75) is 37.6 Å². The van der Waals surface area contributed by atoms with E-state index in [1.54, 1.807) is 0 Å². The molecular formula is C15H19N3O2S2. The van der Waals surface area contributed by atoms with Crippen molar-refractivity contribution in [2.24, 2.45) is 0 Å². The van der Waals surface area contributed by atoms with Crippen molar-refractivity contribution in [3.05, 3.63) is 29.3 Å². The summed E-state index contributed by atoms with van der Waals surface area (Å²) in [6.07, 6.45) is 1.94. The van der Waals surface area contributed by atoms with Gasteiger partial charge in [-0.15, -0.1) is 10.2 Å². The van der Waals surface area contributed by atoms with Gasteiger partial charge < -0.3 is 4.74 Å². The monoisotopic (exact) mass is 337 g/mol. The number of amides is 1. The Morgan fingerprint density at radius 3 is 2.82 bits per heavy atom. The second-order valence-electron chi connectivity index (χ2n) is 4.85. The molecule has 0 radical (unpaired) electrons. The summed E-state index contributed by atoms with van der Waals surface area (Å²) < 4.78 is 6.70. The van der Waals surface area contributed by atoms with Gasteiger partial charge in [0.15, 0.2) is 10.4 Å². The van der Waals surface area contributed by atoms with E-state index in [9.17, 15) is 4.79 Å². The Morgan fingerprint density at radius 1 is 1.41 bits per heavy atom. The third-order valence-electron chi connectivity index (χ3n) is 3.09. The van der Waals surface area contributed by atoms with Gasteiger partial charge >= 0.3 is 0 Å². The fraction of sp³-hybridized carbons (Fsp3) is 0.400. The second-order valence-corrected chi connectivity index (χ2v) is 6.88. The lowest BCUT2D eigenvalue weighted by Gasteiger charge is -2.18. The van der Waals surface area contributed by atoms with Crippen LogP contribution in [-0.2, 0) is 4.79 Å². The average molecular weight is 337 g/mol. The molecule has 2 aromatic rings. The van der Waals surface area contributed by atoms with Crippen LogP contribution in [0.5, 0.6) is 5.75 Å². The summed E-state index contributed by atoms with van der Waals surface area (Å²) in [6.45, 7) is 5.89. The Balaban J connectivity index is 2.07. The van der Waals surface area contributed by atoms with Gasteiger partial charge in [0, 0.05) is 0 Å². The molecule has 1 heterocycles. The summed E-state index contributed by atoms with van der Waals surface area (Å²) in [4.78, 5) is 12.3. The standard InChI is InChI=1S/C15H19N3O2S2/c1-5-11(20-12-8-9(2)6-7-10(12)3)13(19)16-14-17-18-15(21-4)22-14/h6-8,11H,5H2,1-4H3,(H,16,17,19). The Labute approximate surface area is 138 Å². The van der Waals surface area contributed by atoms with Gasteiger partial charge in [-0.05, 0) is 43.7 Å². The number of hydrogen-bond acceptors (Lipinski definition) is 6. The fourth-order valence-electron chi connectivity index (χ4n) is 1.84. The lowest BCUT2D eigenvalue weighted by molar-refractivity contribution is -0.122. The van der Waals surface area contributed by atoms with E-state index in [0.717, 1.165) is 21.2 Å². The molecule has 1 aromatic carbocycles. The molecule has 0 aliphatic rings. The Morgan fingerprint density at radius 2 is 2.18 bits per heavy atom. The van der Waals surface area contributed by atoms with Gasteiger partial charge in [-0.3, -0.25) is 10.1 Å². The molecule has 1 amide bonds. The van der Waals surface area contributed by atoms with Crippen LogP contribution in [0.1, 0.15) is 24.5 Å². The maximum Gasteiger partial charge on any atom is 0.267 e. The zero-order valence-corrected chi connectivity index (χ0v) is 14.7. The SMILES string of the molecule is CCC(Oc1cc(C)ccc1C)C(=O)Nc1nnc(SC)s1. The number of thioether (sulfide) groups is 1. The molecule has 0 bridgehead atoms. The molecule has 5 nitrogen and oxygen atoms in total. The zero-order valence-electron chi connectivity index (χ0n) is 13.0. The number of nitrogens with one attached hydrogen (secondary N) is 1. The highest BCUT2D eigenvalue weighted by atomic mass is 32.2. The lowest BCUT2D eigenvalue weighted by Crippen LogP contribution is -2.32. The zero-order chi connectivity index (χ0) is 16.1. The van der Waals surface area contributed by atoms with E-state index in [4.69, 9.17) is 4.74 Å². The highest BCUT2D eigenvalue weighted by Crippen LogP contribution is 2.24. The largest absolute Gasteiger partial charge is 0.480 e. The van der Waals surface area contributed by atoms with E-state index in [2.05, 4.69) is 15.5 Å². The first kappa shape index (κ1) is 16.8. The Bertz CT molecular complexity index is 658. The van der Waals surface area contributed by atoms with Crippen LogP contribution in [0.2, 0.25) is 0 Å². The second kappa shape index (κ2) is 7.60. The predicted octanol–water partition coefficient (Wildman–Crippen LogP) is 3.67. The van der Waals surface area contributed by atoms with Crippen LogP contribution in [-0.4, -0.2) is 28.5 Å². The molecule has 0 fully saturated rings. The lowest BCUT2D eigenvalue weighted by atomic mass is 10.1. The molecule has 0 aliphatic heterocycles. The Kier molecular flexibility index (Phi) is 5.79. The van der Waals surface area contributed by atoms with Crippen LogP contribution >= 0.6 is 23.1 Å². The smallest absolute Gasteiger partial charge is 0.267 e. The third kappa shape index (κ3) is 4.20. The molecule has 0 saturated carbocycles. The number of hydrogen-bond donors (Lipinski definition) is 1. The topological polar surface area (TPSA) is 64.1 Å². The number of anilines is 1. The molecular weight excluding hydrogens is 318 g/mol. The van der Waals surface area contributed by atoms with E-state index in [1.165, 1.54) is 23.1 Å². The highest BCUT2D eigenvalue weighted by molar-refractivity contribution is 8.00. The highest BCUT2D eigenvalue weighted by Gasteiger charge is 2.20. The predicted molar refractivity (Wildman–Crippen MR) is 90.9 cm³/mol. The van der Waals surface area contributed by atoms with Crippen LogP contribution < -0.4 is 10.1 Å². The molecule has 1 atom stereocenters. The normalized spacial score (nSPS) is 12.0. The van der Waals surface area contributed by atoms with Crippen molar-refractivity contribution in [1.29, 1.82) is 0 Å². The van der Waals surface area contributed by atoms with E-state index < -0.39 is 6.10 Å². The first-order chi connectivity index (χ1) is 10.5. The minimum absolute atomic E-state index is 0.202. The van der Waals surface area contributed by atoms with Crippen molar-refractivity contribution < 1.29 is 9.53 Å². The maximum atomic E-state index is 12.3. The van der Waals surface area contributed by atoms with Gasteiger partial charge in [0.25, 0.3) is 5.91 Å². The van der Waals surface area contributed by atoms with E-state index in [1.807, 2.05) is 45.2 Å².